The van der Waals surface area contributed by atoms with Crippen LogP contribution in [0.5, 0.6) is 5.75 Å². The van der Waals surface area contributed by atoms with Gasteiger partial charge >= 0.3 is 5.97 Å². The smallest absolute Gasteiger partial charge is 0.326 e. The van der Waals surface area contributed by atoms with Gasteiger partial charge in [0, 0.05) is 42.4 Å². The first kappa shape index (κ1) is 44.9. The maximum absolute atomic E-state index is 14.4. The Hall–Kier alpha value is -6.22. The van der Waals surface area contributed by atoms with Crippen molar-refractivity contribution in [2.75, 3.05) is 13.1 Å². The van der Waals surface area contributed by atoms with Crippen LogP contribution >= 0.6 is 0 Å². The van der Waals surface area contributed by atoms with Crippen molar-refractivity contribution in [3.63, 3.8) is 0 Å². The van der Waals surface area contributed by atoms with E-state index in [9.17, 15) is 39.0 Å². The van der Waals surface area contributed by atoms with E-state index in [0.717, 1.165) is 29.3 Å². The minimum atomic E-state index is -1.25. The summed E-state index contributed by atoms with van der Waals surface area (Å²) < 4.78 is 0. The standard InChI is InChI=1S/C45H57N7O8/c1-4-6-14-30(24-46)41(55)49-35(21-29-17-19-31(53)20-18-29)42(56)51-40(27(3)5-2)43(57)50-36-23-33-32-15-10-11-16-34(32)47-38(33)25-52(44(36)58)26-39(54)48-37(45(59)60)22-28-12-8-7-9-13-28/h7-13,15-20,27,30,35-37,40,47,53H,4-6,14,21-26,46H2,1-3H3,(H,48,54)(H,49,55)(H,50,57)(H,51,56)(H,59,60)/t27-,30+,35-,36-,37-,40-/m0/s1. The highest BCUT2D eigenvalue weighted by Gasteiger charge is 2.37. The highest BCUT2D eigenvalue weighted by atomic mass is 16.4. The lowest BCUT2D eigenvalue weighted by Crippen LogP contribution is -2.59. The second-order valence-electron chi connectivity index (χ2n) is 15.6. The molecule has 1 aromatic heterocycles. The summed E-state index contributed by atoms with van der Waals surface area (Å²) in [5, 5.41) is 31.8. The minimum Gasteiger partial charge on any atom is -0.508 e. The van der Waals surface area contributed by atoms with E-state index in [1.165, 1.54) is 17.0 Å². The van der Waals surface area contributed by atoms with Crippen LogP contribution in [0.3, 0.4) is 0 Å². The van der Waals surface area contributed by atoms with Crippen molar-refractivity contribution in [3.05, 3.63) is 101 Å². The van der Waals surface area contributed by atoms with Gasteiger partial charge in [-0.3, -0.25) is 24.0 Å². The van der Waals surface area contributed by atoms with Crippen molar-refractivity contribution in [3.8, 4) is 5.75 Å². The average Bonchev–Trinajstić information content (AvgIpc) is 3.52. The molecule has 0 fully saturated rings. The third-order valence-electron chi connectivity index (χ3n) is 11.2. The lowest BCUT2D eigenvalue weighted by Gasteiger charge is -2.30. The summed E-state index contributed by atoms with van der Waals surface area (Å²) in [6, 6.07) is 18.0. The zero-order chi connectivity index (χ0) is 43.3. The number of fused-ring (bicyclic) bond motifs is 3. The Labute approximate surface area is 349 Å². The van der Waals surface area contributed by atoms with Crippen molar-refractivity contribution >= 4 is 46.4 Å². The van der Waals surface area contributed by atoms with Crippen LogP contribution in [0.15, 0.2) is 78.9 Å². The summed E-state index contributed by atoms with van der Waals surface area (Å²) >= 11 is 0. The van der Waals surface area contributed by atoms with E-state index in [1.54, 1.807) is 49.4 Å². The quantitative estimate of drug-likeness (QED) is 0.0653. The largest absolute Gasteiger partial charge is 0.508 e. The van der Waals surface area contributed by atoms with Gasteiger partial charge in [0.2, 0.25) is 29.5 Å². The van der Waals surface area contributed by atoms with Crippen LogP contribution in [0.4, 0.5) is 0 Å². The van der Waals surface area contributed by atoms with Crippen molar-refractivity contribution in [2.45, 2.75) is 96.4 Å². The molecule has 0 spiro atoms. The number of nitrogens with one attached hydrogen (secondary N) is 5. The van der Waals surface area contributed by atoms with E-state index < -0.39 is 72.1 Å². The molecule has 320 valence electrons. The van der Waals surface area contributed by atoms with Crippen LogP contribution in [0.1, 0.15) is 68.8 Å². The molecule has 5 rings (SSSR count). The third kappa shape index (κ3) is 11.7. The molecule has 60 heavy (non-hydrogen) atoms. The van der Waals surface area contributed by atoms with Crippen molar-refractivity contribution in [1.29, 1.82) is 0 Å². The Bertz CT molecular complexity index is 2120. The third-order valence-corrected chi connectivity index (χ3v) is 11.2. The molecule has 2 heterocycles. The van der Waals surface area contributed by atoms with Crippen molar-refractivity contribution in [2.24, 2.45) is 17.6 Å². The SMILES string of the molecule is CCCC[C@H](CN)C(=O)N[C@@H](Cc1ccc(O)cc1)C(=O)N[C@H](C(=O)N[C@H]1Cc2c([nH]c3ccccc23)CN(CC(=O)N[C@@H](Cc2ccccc2)C(=O)O)C1=O)[C@@H](C)CC. The summed E-state index contributed by atoms with van der Waals surface area (Å²) in [6.07, 6.45) is 2.84. The van der Waals surface area contributed by atoms with Gasteiger partial charge < -0.3 is 47.1 Å². The molecule has 1 aliphatic rings. The van der Waals surface area contributed by atoms with Gasteiger partial charge in [-0.1, -0.05) is 101 Å². The molecule has 0 unspecified atom stereocenters. The summed E-state index contributed by atoms with van der Waals surface area (Å²) in [4.78, 5) is 86.7. The Kier molecular flexibility index (Phi) is 15.8. The normalized spacial score (nSPS) is 16.4. The van der Waals surface area contributed by atoms with E-state index in [-0.39, 0.29) is 44.0 Å². The van der Waals surface area contributed by atoms with Gasteiger partial charge in [-0.2, -0.15) is 0 Å². The molecule has 15 heteroatoms. The molecular formula is C45H57N7O8. The number of aliphatic carboxylic acids is 1. The summed E-state index contributed by atoms with van der Waals surface area (Å²) in [7, 11) is 0. The summed E-state index contributed by atoms with van der Waals surface area (Å²) in [5.74, 6) is -4.99. The number of rotatable bonds is 20. The van der Waals surface area contributed by atoms with Gasteiger partial charge in [-0.05, 0) is 47.2 Å². The number of amides is 5. The van der Waals surface area contributed by atoms with Gasteiger partial charge in [0.25, 0.3) is 0 Å². The first-order valence-corrected chi connectivity index (χ1v) is 20.6. The monoisotopic (exact) mass is 823 g/mol. The zero-order valence-corrected chi connectivity index (χ0v) is 34.4. The number of phenols is 1. The average molecular weight is 824 g/mol. The molecule has 15 nitrogen and oxygen atoms in total. The Morgan fingerprint density at radius 1 is 0.850 bits per heavy atom. The number of hydrogen-bond acceptors (Lipinski definition) is 8. The van der Waals surface area contributed by atoms with E-state index in [2.05, 4.69) is 26.3 Å². The number of carbonyl (C=O) groups excluding carboxylic acids is 5. The van der Waals surface area contributed by atoms with Crippen molar-refractivity contribution in [1.82, 2.24) is 31.2 Å². The highest BCUT2D eigenvalue weighted by Crippen LogP contribution is 2.28. The molecule has 4 aromatic rings. The van der Waals surface area contributed by atoms with Gasteiger partial charge in [-0.25, -0.2) is 4.79 Å². The molecule has 0 aliphatic carbocycles. The van der Waals surface area contributed by atoms with Gasteiger partial charge in [-0.15, -0.1) is 0 Å². The van der Waals surface area contributed by atoms with Crippen LogP contribution in [0.2, 0.25) is 0 Å². The molecule has 6 atom stereocenters. The number of carboxylic acid groups (broad SMARTS) is 1. The molecule has 0 bridgehead atoms. The Morgan fingerprint density at radius 2 is 1.52 bits per heavy atom. The highest BCUT2D eigenvalue weighted by molar-refractivity contribution is 5.97. The van der Waals surface area contributed by atoms with Crippen molar-refractivity contribution < 1.29 is 39.0 Å². The van der Waals surface area contributed by atoms with Gasteiger partial charge in [0.15, 0.2) is 0 Å². The minimum absolute atomic E-state index is 0.00865. The number of phenolic OH excluding ortho intramolecular Hbond substituents is 1. The van der Waals surface area contributed by atoms with E-state index in [1.807, 2.05) is 38.1 Å². The summed E-state index contributed by atoms with van der Waals surface area (Å²) in [5.41, 5.74) is 9.58. The van der Waals surface area contributed by atoms with E-state index in [4.69, 9.17) is 5.73 Å². The molecule has 9 N–H and O–H groups in total. The number of hydrogen-bond donors (Lipinski definition) is 8. The van der Waals surface area contributed by atoms with E-state index in [0.29, 0.717) is 29.7 Å². The fourth-order valence-electron chi connectivity index (χ4n) is 7.50. The number of nitrogens with two attached hydrogens (primary N) is 1. The predicted octanol–water partition coefficient (Wildman–Crippen LogP) is 3.08. The fraction of sp³-hybridized carbons (Fsp3) is 0.422. The Morgan fingerprint density at radius 3 is 2.18 bits per heavy atom. The number of aromatic amines is 1. The fourth-order valence-corrected chi connectivity index (χ4v) is 7.50. The number of H-pyrrole nitrogens is 1. The topological polar surface area (TPSA) is 236 Å². The Balaban J connectivity index is 1.39. The maximum atomic E-state index is 14.4. The first-order chi connectivity index (χ1) is 28.8. The van der Waals surface area contributed by atoms with Gasteiger partial charge in [0.1, 0.15) is 36.5 Å². The second-order valence-corrected chi connectivity index (χ2v) is 15.6. The van der Waals surface area contributed by atoms with Gasteiger partial charge in [0.05, 0.1) is 12.5 Å². The number of carbonyl (C=O) groups is 6. The molecule has 3 aromatic carbocycles. The molecule has 0 saturated carbocycles. The van der Waals surface area contributed by atoms with E-state index >= 15 is 0 Å². The number of carboxylic acids is 1. The zero-order valence-electron chi connectivity index (χ0n) is 34.4. The summed E-state index contributed by atoms with van der Waals surface area (Å²) in [6.45, 7) is 5.27. The number of unbranched alkanes of at least 4 members (excludes halogenated alkanes) is 1. The number of benzene rings is 3. The molecule has 5 amide bonds. The predicted molar refractivity (Wildman–Crippen MR) is 226 cm³/mol. The lowest BCUT2D eigenvalue weighted by molar-refractivity contribution is -0.143. The van der Waals surface area contributed by atoms with Crippen LogP contribution in [0.25, 0.3) is 10.9 Å². The number of para-hydroxylation sites is 1. The van der Waals surface area contributed by atoms with Crippen LogP contribution in [0, 0.1) is 11.8 Å². The number of nitrogens with zero attached hydrogens (tertiary/aromatic N) is 1. The molecule has 0 radical (unpaired) electrons. The second kappa shape index (κ2) is 21.2. The van der Waals surface area contributed by atoms with Crippen LogP contribution in [-0.4, -0.2) is 92.9 Å². The molecular weight excluding hydrogens is 767 g/mol. The molecule has 0 saturated heterocycles. The number of aromatic hydroxyl groups is 1. The number of aromatic nitrogens is 1. The van der Waals surface area contributed by atoms with Crippen LogP contribution < -0.4 is 27.0 Å². The lowest BCUT2D eigenvalue weighted by atomic mass is 9.95. The first-order valence-electron chi connectivity index (χ1n) is 20.6. The maximum Gasteiger partial charge on any atom is 0.326 e. The molecule has 1 aliphatic heterocycles. The van der Waals surface area contributed by atoms with Crippen LogP contribution in [-0.2, 0) is 54.6 Å².